The van der Waals surface area contributed by atoms with Crippen LogP contribution in [0.1, 0.15) is 0 Å². The molecular formula is C7H6FNO4. The third kappa shape index (κ3) is 1.71. The Bertz CT molecular complexity index is 296. The van der Waals surface area contributed by atoms with Crippen LogP contribution in [0.3, 0.4) is 0 Å². The van der Waals surface area contributed by atoms with Gasteiger partial charge in [-0.1, -0.05) is 12.2 Å². The minimum Gasteiger partial charge on any atom is -0.481 e. The van der Waals surface area contributed by atoms with Crippen LogP contribution in [0.4, 0.5) is 4.39 Å². The van der Waals surface area contributed by atoms with Gasteiger partial charge in [-0.25, -0.2) is 0 Å². The van der Waals surface area contributed by atoms with Gasteiger partial charge in [-0.15, -0.1) is 0 Å². The van der Waals surface area contributed by atoms with Gasteiger partial charge in [0, 0.05) is 12.2 Å². The number of carboxylic acids is 1. The Labute approximate surface area is 72.3 Å². The van der Waals surface area contributed by atoms with Crippen LogP contribution in [0.5, 0.6) is 0 Å². The Morgan fingerprint density at radius 1 is 1.54 bits per heavy atom. The molecule has 0 bridgehead atoms. The maximum absolute atomic E-state index is 13.1. The van der Waals surface area contributed by atoms with Crippen molar-refractivity contribution in [2.45, 2.75) is 5.79 Å². The number of rotatable bonds is 2. The lowest BCUT2D eigenvalue weighted by Gasteiger charge is -2.13. The summed E-state index contributed by atoms with van der Waals surface area (Å²) in [5.74, 6) is -4.91. The molecule has 0 aromatic rings. The Balaban J connectivity index is 2.85. The highest BCUT2D eigenvalue weighted by molar-refractivity contribution is 5.74. The fourth-order valence-electron chi connectivity index (χ4n) is 0.883. The quantitative estimate of drug-likeness (QED) is 0.299. The van der Waals surface area contributed by atoms with Crippen molar-refractivity contribution in [2.75, 3.05) is 0 Å². The van der Waals surface area contributed by atoms with Gasteiger partial charge in [0.2, 0.25) is 0 Å². The second-order valence-corrected chi connectivity index (χ2v) is 2.57. The molecular weight excluding hydrogens is 181 g/mol. The summed E-state index contributed by atoms with van der Waals surface area (Å²) in [5, 5.41) is 18.6. The van der Waals surface area contributed by atoms with Crippen LogP contribution in [-0.2, 0) is 4.79 Å². The largest absolute Gasteiger partial charge is 0.481 e. The minimum absolute atomic E-state index is 0.631. The molecule has 0 heterocycles. The summed E-state index contributed by atoms with van der Waals surface area (Å²) in [5.41, 5.74) is 0. The van der Waals surface area contributed by atoms with Gasteiger partial charge >= 0.3 is 11.8 Å². The number of aliphatic carboxylic acids is 1. The zero-order valence-electron chi connectivity index (χ0n) is 6.38. The fraction of sp³-hybridized carbons (Fsp3) is 0.286. The van der Waals surface area contributed by atoms with Crippen molar-refractivity contribution in [3.63, 3.8) is 0 Å². The van der Waals surface area contributed by atoms with Gasteiger partial charge in [0.1, 0.15) is 0 Å². The molecule has 0 saturated heterocycles. The van der Waals surface area contributed by atoms with Crippen molar-refractivity contribution in [1.29, 1.82) is 0 Å². The number of nitro groups is 1. The highest BCUT2D eigenvalue weighted by Gasteiger charge is 2.39. The van der Waals surface area contributed by atoms with Gasteiger partial charge in [-0.2, -0.15) is 4.39 Å². The first-order valence-electron chi connectivity index (χ1n) is 3.40. The number of alkyl halides is 1. The molecule has 0 aromatic heterocycles. The van der Waals surface area contributed by atoms with Crippen molar-refractivity contribution in [2.24, 2.45) is 5.92 Å². The van der Waals surface area contributed by atoms with E-state index in [1.165, 1.54) is 0 Å². The van der Waals surface area contributed by atoms with Crippen LogP contribution >= 0.6 is 0 Å². The van der Waals surface area contributed by atoms with Gasteiger partial charge in [-0.3, -0.25) is 14.9 Å². The van der Waals surface area contributed by atoms with E-state index >= 15 is 0 Å². The van der Waals surface area contributed by atoms with E-state index in [1.807, 2.05) is 0 Å². The lowest BCUT2D eigenvalue weighted by Crippen LogP contribution is -2.31. The zero-order chi connectivity index (χ0) is 10.1. The fourth-order valence-corrected chi connectivity index (χ4v) is 0.883. The molecule has 0 unspecified atom stereocenters. The number of carboxylic acid groups (broad SMARTS) is 1. The number of hydrogen-bond acceptors (Lipinski definition) is 3. The standard InChI is InChI=1S/C7H6FNO4/c8-7(9(12)13)3-1-5(2-4-7)6(10)11/h1-5H,(H,10,11). The predicted molar refractivity (Wildman–Crippen MR) is 40.2 cm³/mol. The average molecular weight is 187 g/mol. The highest BCUT2D eigenvalue weighted by atomic mass is 19.1. The number of halogens is 1. The van der Waals surface area contributed by atoms with E-state index in [1.54, 1.807) is 0 Å². The first kappa shape index (κ1) is 9.37. The average Bonchev–Trinajstić information content (AvgIpc) is 2.04. The molecule has 5 nitrogen and oxygen atoms in total. The van der Waals surface area contributed by atoms with Gasteiger partial charge < -0.3 is 5.11 Å². The Morgan fingerprint density at radius 3 is 2.31 bits per heavy atom. The van der Waals surface area contributed by atoms with E-state index in [2.05, 4.69) is 0 Å². The first-order valence-corrected chi connectivity index (χ1v) is 3.40. The Morgan fingerprint density at radius 2 is 2.00 bits per heavy atom. The van der Waals surface area contributed by atoms with E-state index in [0.29, 0.717) is 12.2 Å². The molecule has 13 heavy (non-hydrogen) atoms. The first-order chi connectivity index (χ1) is 5.96. The van der Waals surface area contributed by atoms with Gasteiger partial charge in [0.15, 0.2) is 0 Å². The third-order valence-electron chi connectivity index (χ3n) is 1.64. The molecule has 0 aromatic carbocycles. The summed E-state index contributed by atoms with van der Waals surface area (Å²) >= 11 is 0. The summed E-state index contributed by atoms with van der Waals surface area (Å²) in [6, 6.07) is 0. The van der Waals surface area contributed by atoms with Gasteiger partial charge in [-0.05, 0) is 0 Å². The van der Waals surface area contributed by atoms with Gasteiger partial charge in [0.05, 0.1) is 10.8 Å². The maximum atomic E-state index is 13.1. The van der Waals surface area contributed by atoms with Crippen molar-refractivity contribution >= 4 is 5.97 Å². The summed E-state index contributed by atoms with van der Waals surface area (Å²) in [7, 11) is 0. The number of hydrogen-bond donors (Lipinski definition) is 1. The van der Waals surface area contributed by atoms with Crippen LogP contribution in [0.15, 0.2) is 24.3 Å². The van der Waals surface area contributed by atoms with Gasteiger partial charge in [0.25, 0.3) is 0 Å². The third-order valence-corrected chi connectivity index (χ3v) is 1.64. The molecule has 6 heteroatoms. The molecule has 0 radical (unpaired) electrons. The molecule has 0 aliphatic heterocycles. The van der Waals surface area contributed by atoms with Crippen molar-refractivity contribution < 1.29 is 19.2 Å². The molecule has 0 spiro atoms. The molecule has 0 saturated carbocycles. The molecule has 1 N–H and O–H groups in total. The second kappa shape index (κ2) is 2.96. The van der Waals surface area contributed by atoms with E-state index in [-0.39, 0.29) is 0 Å². The van der Waals surface area contributed by atoms with E-state index in [4.69, 9.17) is 5.11 Å². The lowest BCUT2D eigenvalue weighted by atomic mass is 10.00. The zero-order valence-corrected chi connectivity index (χ0v) is 6.38. The van der Waals surface area contributed by atoms with Crippen LogP contribution in [0.25, 0.3) is 0 Å². The van der Waals surface area contributed by atoms with Crippen LogP contribution in [0.2, 0.25) is 0 Å². The normalized spacial score (nSPS) is 31.6. The lowest BCUT2D eigenvalue weighted by molar-refractivity contribution is -0.573. The Hall–Kier alpha value is -1.72. The number of nitrogens with zero attached hydrogens (tertiary/aromatic N) is 1. The van der Waals surface area contributed by atoms with Crippen LogP contribution in [-0.4, -0.2) is 21.8 Å². The molecule has 0 atom stereocenters. The summed E-state index contributed by atoms with van der Waals surface area (Å²) < 4.78 is 13.1. The SMILES string of the molecule is O=C(O)C1C=CC(F)([N+](=O)[O-])C=C1. The van der Waals surface area contributed by atoms with Crippen molar-refractivity contribution in [3.05, 3.63) is 34.4 Å². The topological polar surface area (TPSA) is 80.4 Å². The summed E-state index contributed by atoms with van der Waals surface area (Å²) in [6.45, 7) is 0. The molecule has 0 fully saturated rings. The molecule has 1 aliphatic carbocycles. The maximum Gasteiger partial charge on any atom is 0.397 e. The van der Waals surface area contributed by atoms with Crippen LogP contribution in [0, 0.1) is 16.0 Å². The predicted octanol–water partition coefficient (Wildman–Crippen LogP) is 0.756. The summed E-state index contributed by atoms with van der Waals surface area (Å²) in [6.07, 6.45) is 3.16. The number of carbonyl (C=O) groups is 1. The van der Waals surface area contributed by atoms with Crippen LogP contribution < -0.4 is 0 Å². The van der Waals surface area contributed by atoms with Crippen molar-refractivity contribution in [3.8, 4) is 0 Å². The minimum atomic E-state index is -2.76. The molecule has 0 amide bonds. The van der Waals surface area contributed by atoms with Crippen molar-refractivity contribution in [1.82, 2.24) is 0 Å². The molecule has 1 aliphatic rings. The smallest absolute Gasteiger partial charge is 0.397 e. The summed E-state index contributed by atoms with van der Waals surface area (Å²) in [4.78, 5) is 19.3. The monoisotopic (exact) mass is 187 g/mol. The second-order valence-electron chi connectivity index (χ2n) is 2.57. The highest BCUT2D eigenvalue weighted by Crippen LogP contribution is 2.23. The van der Waals surface area contributed by atoms with E-state index in [0.717, 1.165) is 12.2 Å². The van der Waals surface area contributed by atoms with E-state index in [9.17, 15) is 19.3 Å². The molecule has 70 valence electrons. The Kier molecular flexibility index (Phi) is 2.14. The van der Waals surface area contributed by atoms with E-state index < -0.39 is 22.6 Å². The molecule has 1 rings (SSSR count).